The Hall–Kier alpha value is -2.02. The molecule has 1 aromatic carbocycles. The Morgan fingerprint density at radius 2 is 1.65 bits per heavy atom. The van der Waals surface area contributed by atoms with Crippen molar-refractivity contribution in [2.45, 2.75) is 32.1 Å². The zero-order chi connectivity index (χ0) is 19.1. The molecule has 26 heavy (non-hydrogen) atoms. The van der Waals surface area contributed by atoms with E-state index in [1.54, 1.807) is 0 Å². The van der Waals surface area contributed by atoms with Gasteiger partial charge in [0.1, 0.15) is 0 Å². The number of nitrogens with zero attached hydrogens (tertiary/aromatic N) is 1. The highest BCUT2D eigenvalue weighted by molar-refractivity contribution is 5.92. The van der Waals surface area contributed by atoms with Crippen molar-refractivity contribution in [1.82, 2.24) is 10.2 Å². The van der Waals surface area contributed by atoms with Crippen molar-refractivity contribution in [2.24, 2.45) is 11.8 Å². The molecule has 1 aliphatic carbocycles. The van der Waals surface area contributed by atoms with E-state index in [0.29, 0.717) is 32.2 Å². The van der Waals surface area contributed by atoms with Crippen LogP contribution >= 0.6 is 0 Å². The monoisotopic (exact) mass is 367 g/mol. The first-order valence-corrected chi connectivity index (χ1v) is 9.05. The minimum Gasteiger partial charge on any atom is -0.356 e. The summed E-state index contributed by atoms with van der Waals surface area (Å²) in [4.78, 5) is 26.5. The molecule has 2 N–H and O–H groups in total. The van der Waals surface area contributed by atoms with E-state index >= 15 is 0 Å². The van der Waals surface area contributed by atoms with E-state index < -0.39 is 11.6 Å². The maximum Gasteiger partial charge on any atom is 0.227 e. The van der Waals surface area contributed by atoms with E-state index in [1.807, 2.05) is 14.1 Å². The highest BCUT2D eigenvalue weighted by Crippen LogP contribution is 2.30. The fourth-order valence-electron chi connectivity index (χ4n) is 3.19. The van der Waals surface area contributed by atoms with Crippen LogP contribution in [0.5, 0.6) is 0 Å². The van der Waals surface area contributed by atoms with E-state index in [0.717, 1.165) is 25.1 Å². The van der Waals surface area contributed by atoms with E-state index in [2.05, 4.69) is 15.5 Å². The van der Waals surface area contributed by atoms with Gasteiger partial charge in [-0.15, -0.1) is 0 Å². The van der Waals surface area contributed by atoms with E-state index in [1.165, 1.54) is 6.07 Å². The Balaban J connectivity index is 1.74. The summed E-state index contributed by atoms with van der Waals surface area (Å²) in [7, 11) is 3.99. The molecular formula is C19H27F2N3O2. The minimum atomic E-state index is -0.988. The summed E-state index contributed by atoms with van der Waals surface area (Å²) >= 11 is 0. The lowest BCUT2D eigenvalue weighted by Crippen LogP contribution is -2.36. The predicted octanol–water partition coefficient (Wildman–Crippen LogP) is 2.78. The first-order chi connectivity index (χ1) is 12.4. The van der Waals surface area contributed by atoms with Gasteiger partial charge in [-0.05, 0) is 64.9 Å². The Morgan fingerprint density at radius 1 is 1.04 bits per heavy atom. The van der Waals surface area contributed by atoms with Crippen LogP contribution in [0.15, 0.2) is 18.2 Å². The summed E-state index contributed by atoms with van der Waals surface area (Å²) in [5, 5.41) is 5.59. The second kappa shape index (κ2) is 9.62. The minimum absolute atomic E-state index is 0.0540. The molecule has 1 aromatic rings. The van der Waals surface area contributed by atoms with Gasteiger partial charge in [-0.2, -0.15) is 0 Å². The summed E-state index contributed by atoms with van der Waals surface area (Å²) < 4.78 is 26.1. The van der Waals surface area contributed by atoms with Gasteiger partial charge in [0.2, 0.25) is 11.8 Å². The second-order valence-corrected chi connectivity index (χ2v) is 7.11. The largest absolute Gasteiger partial charge is 0.356 e. The molecule has 0 heterocycles. The maximum atomic E-state index is 13.2. The van der Waals surface area contributed by atoms with Gasteiger partial charge in [0.25, 0.3) is 0 Å². The Labute approximate surface area is 153 Å². The smallest absolute Gasteiger partial charge is 0.227 e. The molecule has 1 fully saturated rings. The van der Waals surface area contributed by atoms with Gasteiger partial charge in [-0.25, -0.2) is 8.78 Å². The van der Waals surface area contributed by atoms with Crippen LogP contribution in [0, 0.1) is 23.5 Å². The van der Waals surface area contributed by atoms with Crippen molar-refractivity contribution in [1.29, 1.82) is 0 Å². The van der Waals surface area contributed by atoms with Crippen LogP contribution < -0.4 is 10.6 Å². The van der Waals surface area contributed by atoms with Crippen molar-refractivity contribution < 1.29 is 18.4 Å². The normalized spacial score (nSPS) is 20.0. The van der Waals surface area contributed by atoms with Crippen LogP contribution in [-0.2, 0) is 9.59 Å². The highest BCUT2D eigenvalue weighted by Gasteiger charge is 2.29. The van der Waals surface area contributed by atoms with E-state index in [9.17, 15) is 18.4 Å². The molecule has 0 aliphatic heterocycles. The maximum absolute atomic E-state index is 13.2. The van der Waals surface area contributed by atoms with Gasteiger partial charge in [0.05, 0.1) is 0 Å². The average molecular weight is 367 g/mol. The summed E-state index contributed by atoms with van der Waals surface area (Å²) in [5.74, 6) is -2.34. The fraction of sp³-hybridized carbons (Fsp3) is 0.579. The SMILES string of the molecule is CN(C)CCCNC(=O)C1CCC(C(=O)Nc2ccc(F)c(F)c2)CC1. The zero-order valence-electron chi connectivity index (χ0n) is 15.4. The van der Waals surface area contributed by atoms with Crippen molar-refractivity contribution in [2.75, 3.05) is 32.5 Å². The number of anilines is 1. The number of nitrogens with one attached hydrogen (secondary N) is 2. The first-order valence-electron chi connectivity index (χ1n) is 9.05. The van der Waals surface area contributed by atoms with Gasteiger partial charge in [-0.1, -0.05) is 0 Å². The number of hydrogen-bond donors (Lipinski definition) is 2. The fourth-order valence-corrected chi connectivity index (χ4v) is 3.19. The quantitative estimate of drug-likeness (QED) is 0.729. The topological polar surface area (TPSA) is 61.4 Å². The molecule has 5 nitrogen and oxygen atoms in total. The standard InChI is InChI=1S/C19H27F2N3O2/c1-24(2)11-3-10-22-18(25)13-4-6-14(7-5-13)19(26)23-15-8-9-16(20)17(21)12-15/h8-9,12-14H,3-7,10-11H2,1-2H3,(H,22,25)(H,23,26). The summed E-state index contributed by atoms with van der Waals surface area (Å²) in [6.07, 6.45) is 3.46. The summed E-state index contributed by atoms with van der Waals surface area (Å²) in [6, 6.07) is 3.30. The van der Waals surface area contributed by atoms with Crippen molar-refractivity contribution in [3.63, 3.8) is 0 Å². The van der Waals surface area contributed by atoms with Gasteiger partial charge < -0.3 is 15.5 Å². The second-order valence-electron chi connectivity index (χ2n) is 7.11. The molecule has 0 radical (unpaired) electrons. The molecular weight excluding hydrogens is 340 g/mol. The molecule has 0 atom stereocenters. The molecule has 0 unspecified atom stereocenters. The van der Waals surface area contributed by atoms with Gasteiger partial charge in [-0.3, -0.25) is 9.59 Å². The Bertz CT molecular complexity index is 629. The van der Waals surface area contributed by atoms with Crippen LogP contribution in [-0.4, -0.2) is 43.9 Å². The molecule has 0 spiro atoms. The average Bonchev–Trinajstić information content (AvgIpc) is 2.61. The molecule has 1 saturated carbocycles. The number of hydrogen-bond acceptors (Lipinski definition) is 3. The molecule has 1 aliphatic rings. The number of amides is 2. The third kappa shape index (κ3) is 6.05. The van der Waals surface area contributed by atoms with Crippen LogP contribution in [0.2, 0.25) is 0 Å². The van der Waals surface area contributed by atoms with Crippen LogP contribution in [0.25, 0.3) is 0 Å². The first kappa shape index (κ1) is 20.3. The van der Waals surface area contributed by atoms with Gasteiger partial charge in [0.15, 0.2) is 11.6 Å². The van der Waals surface area contributed by atoms with Crippen molar-refractivity contribution >= 4 is 17.5 Å². The molecule has 2 amide bonds. The third-order valence-electron chi connectivity index (χ3n) is 4.74. The predicted molar refractivity (Wildman–Crippen MR) is 96.6 cm³/mol. The van der Waals surface area contributed by atoms with Crippen LogP contribution in [0.4, 0.5) is 14.5 Å². The Morgan fingerprint density at radius 3 is 2.23 bits per heavy atom. The van der Waals surface area contributed by atoms with Crippen molar-refractivity contribution in [3.05, 3.63) is 29.8 Å². The number of rotatable bonds is 7. The number of carbonyl (C=O) groups excluding carboxylic acids is 2. The number of halogens is 2. The van der Waals surface area contributed by atoms with Gasteiger partial charge >= 0.3 is 0 Å². The highest BCUT2D eigenvalue weighted by atomic mass is 19.2. The zero-order valence-corrected chi connectivity index (χ0v) is 15.4. The van der Waals surface area contributed by atoms with Crippen molar-refractivity contribution in [3.8, 4) is 0 Å². The lowest BCUT2D eigenvalue weighted by atomic mass is 9.81. The lowest BCUT2D eigenvalue weighted by Gasteiger charge is -2.27. The van der Waals surface area contributed by atoms with Crippen LogP contribution in [0.1, 0.15) is 32.1 Å². The van der Waals surface area contributed by atoms with E-state index in [-0.39, 0.29) is 29.3 Å². The number of carbonyl (C=O) groups is 2. The molecule has 2 rings (SSSR count). The summed E-state index contributed by atoms with van der Waals surface area (Å²) in [5.41, 5.74) is 0.245. The van der Waals surface area contributed by atoms with Gasteiger partial charge in [0, 0.05) is 30.1 Å². The lowest BCUT2D eigenvalue weighted by molar-refractivity contribution is -0.128. The number of benzene rings is 1. The van der Waals surface area contributed by atoms with Crippen LogP contribution in [0.3, 0.4) is 0 Å². The molecule has 7 heteroatoms. The Kier molecular flexibility index (Phi) is 7.50. The molecule has 0 bridgehead atoms. The molecule has 0 saturated heterocycles. The van der Waals surface area contributed by atoms with E-state index in [4.69, 9.17) is 0 Å². The molecule has 0 aromatic heterocycles. The summed E-state index contributed by atoms with van der Waals surface area (Å²) in [6.45, 7) is 1.59. The third-order valence-corrected chi connectivity index (χ3v) is 4.74. The molecule has 144 valence electrons.